The minimum absolute atomic E-state index is 0.753. The van der Waals surface area contributed by atoms with E-state index < -0.39 is 0 Å². The van der Waals surface area contributed by atoms with Crippen molar-refractivity contribution >= 4 is 32.4 Å². The van der Waals surface area contributed by atoms with Crippen molar-refractivity contribution in [3.63, 3.8) is 0 Å². The molecule has 1 heterocycles. The summed E-state index contributed by atoms with van der Waals surface area (Å²) in [6, 6.07) is 14.3. The van der Waals surface area contributed by atoms with E-state index in [0.717, 1.165) is 41.5 Å². The van der Waals surface area contributed by atoms with E-state index >= 15 is 0 Å². The van der Waals surface area contributed by atoms with Gasteiger partial charge in [0.05, 0.1) is 16.8 Å². The lowest BCUT2D eigenvalue weighted by atomic mass is 10.1. The molecule has 0 aliphatic heterocycles. The van der Waals surface area contributed by atoms with Crippen molar-refractivity contribution in [3.05, 3.63) is 48.0 Å². The van der Waals surface area contributed by atoms with E-state index in [4.69, 9.17) is 9.72 Å². The largest absolute Gasteiger partial charge is 0.494 e. The summed E-state index contributed by atoms with van der Waals surface area (Å²) >= 11 is 1.67. The zero-order chi connectivity index (χ0) is 15.4. The fraction of sp³-hybridized carbons (Fsp3) is 0.278. The van der Waals surface area contributed by atoms with Gasteiger partial charge in [0.15, 0.2) is 5.13 Å². The highest BCUT2D eigenvalue weighted by molar-refractivity contribution is 7.22. The number of ether oxygens (including phenoxy) is 1. The minimum atomic E-state index is 0.753. The Hall–Kier alpha value is -2.07. The average molecular weight is 312 g/mol. The predicted octanol–water partition coefficient (Wildman–Crippen LogP) is 5.39. The van der Waals surface area contributed by atoms with E-state index in [1.54, 1.807) is 11.3 Å². The van der Waals surface area contributed by atoms with Crippen molar-refractivity contribution in [1.29, 1.82) is 0 Å². The molecule has 0 fully saturated rings. The fourth-order valence-corrected chi connectivity index (χ4v) is 3.30. The predicted molar refractivity (Wildman–Crippen MR) is 94.5 cm³/mol. The van der Waals surface area contributed by atoms with Crippen LogP contribution in [0.2, 0.25) is 0 Å². The van der Waals surface area contributed by atoms with Crippen molar-refractivity contribution in [2.75, 3.05) is 11.9 Å². The van der Waals surface area contributed by atoms with Crippen LogP contribution in [0.4, 0.5) is 10.8 Å². The summed E-state index contributed by atoms with van der Waals surface area (Å²) in [4.78, 5) is 4.75. The van der Waals surface area contributed by atoms with Gasteiger partial charge in [-0.25, -0.2) is 4.98 Å². The normalized spacial score (nSPS) is 10.8. The summed E-state index contributed by atoms with van der Waals surface area (Å²) in [5.41, 5.74) is 3.37. The number of thiazole rings is 1. The molecule has 0 spiro atoms. The molecule has 0 saturated heterocycles. The molecule has 2 aromatic carbocycles. The Kier molecular flexibility index (Phi) is 4.59. The highest BCUT2D eigenvalue weighted by Gasteiger charge is 2.10. The van der Waals surface area contributed by atoms with Crippen molar-refractivity contribution in [2.24, 2.45) is 0 Å². The lowest BCUT2D eigenvalue weighted by Gasteiger charge is -2.06. The van der Waals surface area contributed by atoms with Gasteiger partial charge in [0.2, 0.25) is 0 Å². The Bertz CT molecular complexity index is 752. The van der Waals surface area contributed by atoms with Gasteiger partial charge in [-0.3, -0.25) is 0 Å². The fourth-order valence-electron chi connectivity index (χ4n) is 2.34. The first-order chi connectivity index (χ1) is 10.8. The molecule has 4 heteroatoms. The van der Waals surface area contributed by atoms with Crippen LogP contribution in [0.1, 0.15) is 25.8 Å². The van der Waals surface area contributed by atoms with Crippen molar-refractivity contribution in [2.45, 2.75) is 26.7 Å². The number of aromatic nitrogens is 1. The molecule has 0 unspecified atom stereocenters. The summed E-state index contributed by atoms with van der Waals surface area (Å²) < 4.78 is 6.96. The van der Waals surface area contributed by atoms with Crippen LogP contribution in [0.15, 0.2) is 42.5 Å². The van der Waals surface area contributed by atoms with Crippen LogP contribution >= 0.6 is 11.3 Å². The first-order valence-corrected chi connectivity index (χ1v) is 8.50. The molecule has 0 radical (unpaired) electrons. The first-order valence-electron chi connectivity index (χ1n) is 7.68. The molecule has 3 aromatic rings. The minimum Gasteiger partial charge on any atom is -0.494 e. The quantitative estimate of drug-likeness (QED) is 0.662. The number of hydrogen-bond donors (Lipinski definition) is 1. The van der Waals surface area contributed by atoms with Crippen LogP contribution in [0.25, 0.3) is 10.2 Å². The zero-order valence-electron chi connectivity index (χ0n) is 12.9. The number of aryl methyl sites for hydroxylation is 1. The number of rotatable bonds is 6. The van der Waals surface area contributed by atoms with Crippen molar-refractivity contribution < 1.29 is 4.74 Å². The summed E-state index contributed by atoms with van der Waals surface area (Å²) in [5.74, 6) is 0.945. The van der Waals surface area contributed by atoms with E-state index in [9.17, 15) is 0 Å². The summed E-state index contributed by atoms with van der Waals surface area (Å²) in [7, 11) is 0. The monoisotopic (exact) mass is 312 g/mol. The van der Waals surface area contributed by atoms with Gasteiger partial charge in [0.1, 0.15) is 5.75 Å². The highest BCUT2D eigenvalue weighted by atomic mass is 32.1. The molecule has 0 amide bonds. The van der Waals surface area contributed by atoms with E-state index in [1.165, 1.54) is 10.3 Å². The molecule has 0 saturated carbocycles. The lowest BCUT2D eigenvalue weighted by molar-refractivity contribution is 0.317. The highest BCUT2D eigenvalue weighted by Crippen LogP contribution is 2.33. The number of para-hydroxylation sites is 1. The van der Waals surface area contributed by atoms with Gasteiger partial charge in [-0.1, -0.05) is 43.4 Å². The Balaban J connectivity index is 1.94. The van der Waals surface area contributed by atoms with Gasteiger partial charge in [0.25, 0.3) is 0 Å². The molecule has 1 N–H and O–H groups in total. The van der Waals surface area contributed by atoms with Crippen LogP contribution in [0.3, 0.4) is 0 Å². The van der Waals surface area contributed by atoms with Crippen LogP contribution < -0.4 is 10.1 Å². The molecule has 114 valence electrons. The first kappa shape index (κ1) is 14.9. The molecule has 22 heavy (non-hydrogen) atoms. The number of nitrogens with one attached hydrogen (secondary N) is 1. The van der Waals surface area contributed by atoms with Gasteiger partial charge >= 0.3 is 0 Å². The molecule has 0 bridgehead atoms. The topological polar surface area (TPSA) is 34.1 Å². The van der Waals surface area contributed by atoms with Gasteiger partial charge in [0, 0.05) is 5.69 Å². The molecule has 0 aliphatic rings. The maximum Gasteiger partial charge on any atom is 0.188 e. The second-order valence-electron chi connectivity index (χ2n) is 5.14. The van der Waals surface area contributed by atoms with Crippen molar-refractivity contribution in [1.82, 2.24) is 4.98 Å². The third kappa shape index (κ3) is 3.22. The summed E-state index contributed by atoms with van der Waals surface area (Å²) in [5, 5.41) is 4.29. The lowest BCUT2D eigenvalue weighted by Crippen LogP contribution is -1.96. The number of hydrogen-bond acceptors (Lipinski definition) is 4. The third-order valence-electron chi connectivity index (χ3n) is 3.43. The summed E-state index contributed by atoms with van der Waals surface area (Å²) in [6.45, 7) is 5.03. The summed E-state index contributed by atoms with van der Waals surface area (Å²) in [6.07, 6.45) is 1.97. The number of fused-ring (bicyclic) bond motifs is 1. The van der Waals surface area contributed by atoms with Crippen LogP contribution in [0.5, 0.6) is 5.75 Å². The number of benzene rings is 2. The van der Waals surface area contributed by atoms with Crippen LogP contribution in [-0.2, 0) is 6.42 Å². The van der Waals surface area contributed by atoms with E-state index in [-0.39, 0.29) is 0 Å². The molecular weight excluding hydrogens is 292 g/mol. The van der Waals surface area contributed by atoms with E-state index in [1.807, 2.05) is 30.3 Å². The number of anilines is 2. The standard InChI is InChI=1S/C18H20N2OS/c1-3-10-21-15-11-13(4-2)17-16(12-15)22-18(20-17)19-14-8-6-5-7-9-14/h5-9,11-12H,3-4,10H2,1-2H3,(H,19,20). The Morgan fingerprint density at radius 2 is 1.95 bits per heavy atom. The molecule has 0 atom stereocenters. The average Bonchev–Trinajstić information content (AvgIpc) is 2.95. The van der Waals surface area contributed by atoms with Crippen LogP contribution in [-0.4, -0.2) is 11.6 Å². The van der Waals surface area contributed by atoms with Gasteiger partial charge in [-0.05, 0) is 42.7 Å². The zero-order valence-corrected chi connectivity index (χ0v) is 13.7. The second-order valence-corrected chi connectivity index (χ2v) is 6.17. The Labute approximate surface area is 135 Å². The Morgan fingerprint density at radius 1 is 1.14 bits per heavy atom. The maximum atomic E-state index is 5.79. The van der Waals surface area contributed by atoms with E-state index in [0.29, 0.717) is 0 Å². The second kappa shape index (κ2) is 6.79. The van der Waals surface area contributed by atoms with E-state index in [2.05, 4.69) is 31.3 Å². The molecule has 0 aliphatic carbocycles. The van der Waals surface area contributed by atoms with Gasteiger partial charge < -0.3 is 10.1 Å². The third-order valence-corrected chi connectivity index (χ3v) is 4.34. The molecule has 3 rings (SSSR count). The van der Waals surface area contributed by atoms with Gasteiger partial charge in [-0.2, -0.15) is 0 Å². The molecule has 3 nitrogen and oxygen atoms in total. The SMILES string of the molecule is CCCOc1cc(CC)c2nc(Nc3ccccc3)sc2c1. The Morgan fingerprint density at radius 3 is 2.68 bits per heavy atom. The number of nitrogens with zero attached hydrogens (tertiary/aromatic N) is 1. The maximum absolute atomic E-state index is 5.79. The molecule has 1 aromatic heterocycles. The van der Waals surface area contributed by atoms with Crippen LogP contribution in [0, 0.1) is 0 Å². The van der Waals surface area contributed by atoms with Gasteiger partial charge in [-0.15, -0.1) is 0 Å². The smallest absolute Gasteiger partial charge is 0.188 e. The molecular formula is C18H20N2OS. The van der Waals surface area contributed by atoms with Crippen molar-refractivity contribution in [3.8, 4) is 5.75 Å².